The van der Waals surface area contributed by atoms with Crippen molar-refractivity contribution in [2.75, 3.05) is 27.9 Å². The maximum atomic E-state index is 13.2. The molecule has 3 rings (SSSR count). The minimum atomic E-state index is -0.493. The van der Waals surface area contributed by atoms with Crippen molar-refractivity contribution in [2.24, 2.45) is 7.05 Å². The molecular formula is C20H23N3O5S. The minimum absolute atomic E-state index is 0.166. The van der Waals surface area contributed by atoms with E-state index in [0.29, 0.717) is 16.4 Å². The smallest absolute Gasteiger partial charge is 0.325 e. The van der Waals surface area contributed by atoms with E-state index in [-0.39, 0.29) is 19.0 Å². The summed E-state index contributed by atoms with van der Waals surface area (Å²) in [6.45, 7) is 1.94. The van der Waals surface area contributed by atoms with Crippen LogP contribution in [0.2, 0.25) is 0 Å². The molecular weight excluding hydrogens is 394 g/mol. The Morgan fingerprint density at radius 1 is 1.10 bits per heavy atom. The van der Waals surface area contributed by atoms with Gasteiger partial charge in [-0.2, -0.15) is 5.10 Å². The number of carbonyl (C=O) groups is 2. The first-order chi connectivity index (χ1) is 13.9. The fourth-order valence-corrected chi connectivity index (χ4v) is 4.16. The molecule has 0 bridgehead atoms. The molecule has 8 nitrogen and oxygen atoms in total. The van der Waals surface area contributed by atoms with Crippen molar-refractivity contribution in [3.63, 3.8) is 0 Å². The highest BCUT2D eigenvalue weighted by molar-refractivity contribution is 7.20. The highest BCUT2D eigenvalue weighted by Crippen LogP contribution is 2.29. The van der Waals surface area contributed by atoms with Gasteiger partial charge in [-0.15, -0.1) is 11.3 Å². The molecule has 9 heteroatoms. The second-order valence-corrected chi connectivity index (χ2v) is 7.53. The Hall–Kier alpha value is -3.07. The van der Waals surface area contributed by atoms with E-state index in [1.165, 1.54) is 23.3 Å². The molecule has 2 heterocycles. The minimum Gasteiger partial charge on any atom is -0.497 e. The molecule has 0 aliphatic heterocycles. The highest BCUT2D eigenvalue weighted by atomic mass is 32.1. The van der Waals surface area contributed by atoms with Crippen LogP contribution in [0.4, 0.5) is 0 Å². The van der Waals surface area contributed by atoms with Crippen molar-refractivity contribution >= 4 is 33.4 Å². The van der Waals surface area contributed by atoms with E-state index in [2.05, 4.69) is 5.10 Å². The number of benzene rings is 1. The van der Waals surface area contributed by atoms with E-state index in [1.54, 1.807) is 37.1 Å². The van der Waals surface area contributed by atoms with E-state index in [4.69, 9.17) is 14.2 Å². The number of amides is 1. The first kappa shape index (κ1) is 20.7. The number of ether oxygens (including phenoxy) is 3. The van der Waals surface area contributed by atoms with Crippen molar-refractivity contribution in [3.05, 3.63) is 40.4 Å². The van der Waals surface area contributed by atoms with Crippen molar-refractivity contribution in [2.45, 2.75) is 13.5 Å². The first-order valence-corrected chi connectivity index (χ1v) is 9.69. The van der Waals surface area contributed by atoms with Gasteiger partial charge < -0.3 is 19.1 Å². The number of rotatable bonds is 7. The zero-order valence-corrected chi connectivity index (χ0v) is 17.8. The number of aryl methyl sites for hydroxylation is 2. The van der Waals surface area contributed by atoms with Gasteiger partial charge in [0.05, 0.1) is 31.9 Å². The van der Waals surface area contributed by atoms with Gasteiger partial charge in [0.2, 0.25) is 0 Å². The predicted molar refractivity (Wildman–Crippen MR) is 110 cm³/mol. The number of methoxy groups -OCH3 is 3. The molecule has 0 saturated carbocycles. The average Bonchev–Trinajstić information content (AvgIpc) is 3.27. The molecule has 154 valence electrons. The van der Waals surface area contributed by atoms with Crippen LogP contribution in [-0.4, -0.2) is 54.4 Å². The summed E-state index contributed by atoms with van der Waals surface area (Å²) in [5, 5.41) is 5.30. The molecule has 0 N–H and O–H groups in total. The van der Waals surface area contributed by atoms with Gasteiger partial charge in [0.15, 0.2) is 0 Å². The molecule has 0 atom stereocenters. The van der Waals surface area contributed by atoms with Crippen LogP contribution in [0.15, 0.2) is 24.3 Å². The third kappa shape index (κ3) is 4.34. The van der Waals surface area contributed by atoms with Crippen molar-refractivity contribution in [1.82, 2.24) is 14.7 Å². The molecule has 0 saturated heterocycles. The molecule has 0 aliphatic rings. The van der Waals surface area contributed by atoms with Gasteiger partial charge in [0.1, 0.15) is 22.9 Å². The molecule has 0 fully saturated rings. The third-order valence-corrected chi connectivity index (χ3v) is 5.72. The van der Waals surface area contributed by atoms with E-state index < -0.39 is 5.97 Å². The fraction of sp³-hybridized carbons (Fsp3) is 0.350. The zero-order chi connectivity index (χ0) is 21.1. The van der Waals surface area contributed by atoms with Gasteiger partial charge in [0.25, 0.3) is 5.91 Å². The molecule has 0 radical (unpaired) electrons. The molecule has 0 aliphatic carbocycles. The number of thiophene rings is 1. The molecule has 29 heavy (non-hydrogen) atoms. The normalized spacial score (nSPS) is 10.8. The lowest BCUT2D eigenvalue weighted by Gasteiger charge is -2.21. The summed E-state index contributed by atoms with van der Waals surface area (Å²) < 4.78 is 17.1. The van der Waals surface area contributed by atoms with Gasteiger partial charge in [0, 0.05) is 25.0 Å². The Kier molecular flexibility index (Phi) is 6.07. The van der Waals surface area contributed by atoms with Crippen LogP contribution in [0.1, 0.15) is 20.9 Å². The lowest BCUT2D eigenvalue weighted by Crippen LogP contribution is -2.35. The van der Waals surface area contributed by atoms with Gasteiger partial charge in [-0.05, 0) is 30.7 Å². The summed E-state index contributed by atoms with van der Waals surface area (Å²) in [5.74, 6) is 0.465. The third-order valence-electron chi connectivity index (χ3n) is 4.53. The molecule has 3 aromatic rings. The topological polar surface area (TPSA) is 82.9 Å². The SMILES string of the molecule is COC(=O)CN(Cc1cc(OC)cc(OC)c1)C(=O)c1cc2c(C)nn(C)c2s1. The largest absolute Gasteiger partial charge is 0.497 e. The number of esters is 1. The molecule has 1 aromatic carbocycles. The van der Waals surface area contributed by atoms with E-state index in [1.807, 2.05) is 20.0 Å². The standard InChI is InChI=1S/C20H23N3O5S/c1-12-16-9-17(29-20(16)22(2)21-12)19(25)23(11-18(24)28-5)10-13-6-14(26-3)8-15(7-13)27-4/h6-9H,10-11H2,1-5H3. The van der Waals surface area contributed by atoms with E-state index >= 15 is 0 Å². The Morgan fingerprint density at radius 2 is 1.76 bits per heavy atom. The van der Waals surface area contributed by atoms with E-state index in [0.717, 1.165) is 21.5 Å². The number of hydrogen-bond donors (Lipinski definition) is 0. The number of aromatic nitrogens is 2. The summed E-state index contributed by atoms with van der Waals surface area (Å²) in [4.78, 5) is 28.1. The Labute approximate surface area is 172 Å². The summed E-state index contributed by atoms with van der Waals surface area (Å²) in [7, 11) is 6.26. The second kappa shape index (κ2) is 8.52. The highest BCUT2D eigenvalue weighted by Gasteiger charge is 2.23. The summed E-state index contributed by atoms with van der Waals surface area (Å²) >= 11 is 1.35. The van der Waals surface area contributed by atoms with Crippen molar-refractivity contribution in [3.8, 4) is 11.5 Å². The van der Waals surface area contributed by atoms with Crippen molar-refractivity contribution < 1.29 is 23.8 Å². The Balaban J connectivity index is 1.94. The van der Waals surface area contributed by atoms with Gasteiger partial charge >= 0.3 is 5.97 Å². The van der Waals surface area contributed by atoms with Crippen LogP contribution in [0, 0.1) is 6.92 Å². The van der Waals surface area contributed by atoms with Gasteiger partial charge in [-0.3, -0.25) is 14.3 Å². The van der Waals surface area contributed by atoms with Crippen LogP contribution in [0.3, 0.4) is 0 Å². The quantitative estimate of drug-likeness (QED) is 0.550. The second-order valence-electron chi connectivity index (χ2n) is 6.50. The number of hydrogen-bond acceptors (Lipinski definition) is 7. The summed E-state index contributed by atoms with van der Waals surface area (Å²) in [6, 6.07) is 7.18. The Bertz CT molecular complexity index is 999. The number of carbonyl (C=O) groups excluding carboxylic acids is 2. The predicted octanol–water partition coefficient (Wildman–Crippen LogP) is 2.78. The monoisotopic (exact) mass is 417 g/mol. The zero-order valence-electron chi connectivity index (χ0n) is 17.0. The lowest BCUT2D eigenvalue weighted by atomic mass is 10.1. The summed E-state index contributed by atoms with van der Waals surface area (Å²) in [5.41, 5.74) is 1.63. The van der Waals surface area contributed by atoms with Gasteiger partial charge in [-0.25, -0.2) is 0 Å². The van der Waals surface area contributed by atoms with Crippen LogP contribution in [0.5, 0.6) is 11.5 Å². The molecule has 2 aromatic heterocycles. The lowest BCUT2D eigenvalue weighted by molar-refractivity contribution is -0.141. The molecule has 1 amide bonds. The average molecular weight is 417 g/mol. The fourth-order valence-electron chi connectivity index (χ4n) is 3.06. The Morgan fingerprint density at radius 3 is 2.31 bits per heavy atom. The van der Waals surface area contributed by atoms with Crippen LogP contribution in [0.25, 0.3) is 10.2 Å². The molecule has 0 spiro atoms. The van der Waals surface area contributed by atoms with Crippen LogP contribution in [-0.2, 0) is 23.1 Å². The first-order valence-electron chi connectivity index (χ1n) is 8.87. The van der Waals surface area contributed by atoms with Gasteiger partial charge in [-0.1, -0.05) is 0 Å². The molecule has 0 unspecified atom stereocenters. The maximum Gasteiger partial charge on any atom is 0.325 e. The van der Waals surface area contributed by atoms with Crippen LogP contribution >= 0.6 is 11.3 Å². The number of nitrogens with zero attached hydrogens (tertiary/aromatic N) is 3. The van der Waals surface area contributed by atoms with Crippen molar-refractivity contribution in [1.29, 1.82) is 0 Å². The van der Waals surface area contributed by atoms with Crippen LogP contribution < -0.4 is 9.47 Å². The summed E-state index contributed by atoms with van der Waals surface area (Å²) in [6.07, 6.45) is 0. The number of fused-ring (bicyclic) bond motifs is 1. The maximum absolute atomic E-state index is 13.2. The van der Waals surface area contributed by atoms with E-state index in [9.17, 15) is 9.59 Å².